The molecule has 0 amide bonds. The topological polar surface area (TPSA) is 170 Å². The van der Waals surface area contributed by atoms with Crippen LogP contribution < -0.4 is 0 Å². The molecule has 0 bridgehead atoms. The van der Waals surface area contributed by atoms with Crippen LogP contribution in [0.4, 0.5) is 0 Å². The van der Waals surface area contributed by atoms with Gasteiger partial charge in [0.25, 0.3) is 0 Å². The second kappa shape index (κ2) is 29.3. The van der Waals surface area contributed by atoms with Crippen LogP contribution in [0.5, 0.6) is 0 Å². The quantitative estimate of drug-likeness (QED) is 0.0463. The summed E-state index contributed by atoms with van der Waals surface area (Å²) in [5.74, 6) is -3.38. The van der Waals surface area contributed by atoms with Gasteiger partial charge in [0.2, 0.25) is 0 Å². The van der Waals surface area contributed by atoms with Crippen molar-refractivity contribution in [1.82, 2.24) is 0 Å². The van der Waals surface area contributed by atoms with E-state index in [9.17, 15) is 19.2 Å². The summed E-state index contributed by atoms with van der Waals surface area (Å²) in [5, 5.41) is 0. The minimum absolute atomic E-state index is 0.0987. The lowest BCUT2D eigenvalue weighted by molar-refractivity contribution is -0.340. The molecule has 0 saturated carbocycles. The van der Waals surface area contributed by atoms with Crippen molar-refractivity contribution in [2.45, 2.75) is 81.2 Å². The average Bonchev–Trinajstić information content (AvgIpc) is 3.69. The van der Waals surface area contributed by atoms with Gasteiger partial charge in [-0.05, 0) is 114 Å². The van der Waals surface area contributed by atoms with Crippen molar-refractivity contribution in [2.24, 2.45) is 0 Å². The number of carbonyl (C=O) groups excluding carboxylic acids is 4. The standard InChI is InChI=1S/C62H54Br4O15/c1-71-61-55(74-35-40-15-9-4-10-16-40)53(73-34-39-13-7-3-8-14-39)51(72-33-38-11-5-2-6-12-38)49(77-61)37-76-62-56(81-60(70)44-23-31-48(66)32-24-44)54(80-59(69)43-21-29-47(65)30-22-43)52(79-58(68)42-19-27-46(64)28-20-42)50(78-62)36-75-57(67)41-17-25-45(63)26-18-41/h2-32,49-56,61-62H,33-37H2,1H3/t49-,50-,51-,52-,53+,54+,55-,56-,61-,62-/m1/s1. The Labute approximate surface area is 501 Å². The van der Waals surface area contributed by atoms with E-state index in [4.69, 9.17) is 52.1 Å². The molecule has 0 spiro atoms. The van der Waals surface area contributed by atoms with Crippen LogP contribution in [-0.2, 0) is 71.9 Å². The first-order valence-corrected chi connectivity index (χ1v) is 28.8. The van der Waals surface area contributed by atoms with Gasteiger partial charge in [-0.1, -0.05) is 155 Å². The maximum atomic E-state index is 14.5. The normalized spacial score (nSPS) is 22.5. The highest BCUT2D eigenvalue weighted by Crippen LogP contribution is 2.36. The molecule has 0 aliphatic carbocycles. The zero-order valence-corrected chi connectivity index (χ0v) is 49.7. The van der Waals surface area contributed by atoms with E-state index in [2.05, 4.69) is 63.7 Å². The zero-order chi connectivity index (χ0) is 56.7. The van der Waals surface area contributed by atoms with Crippen molar-refractivity contribution >= 4 is 87.6 Å². The van der Waals surface area contributed by atoms with Crippen LogP contribution in [0.3, 0.4) is 0 Å². The minimum Gasteiger partial charge on any atom is -0.459 e. The van der Waals surface area contributed by atoms with Gasteiger partial charge in [0.1, 0.15) is 37.1 Å². The summed E-state index contributed by atoms with van der Waals surface area (Å²) in [6, 6.07) is 54.4. The molecule has 15 nitrogen and oxygen atoms in total. The van der Waals surface area contributed by atoms with E-state index >= 15 is 0 Å². The molecule has 10 atom stereocenters. The van der Waals surface area contributed by atoms with Gasteiger partial charge >= 0.3 is 23.9 Å². The monoisotopic (exact) mass is 1350 g/mol. The molecule has 7 aromatic rings. The summed E-state index contributed by atoms with van der Waals surface area (Å²) in [7, 11) is 1.49. The predicted octanol–water partition coefficient (Wildman–Crippen LogP) is 12.4. The summed E-state index contributed by atoms with van der Waals surface area (Å²) in [6.07, 6.45) is -13.0. The maximum absolute atomic E-state index is 14.5. The molecule has 2 fully saturated rings. The van der Waals surface area contributed by atoms with Crippen molar-refractivity contribution in [3.63, 3.8) is 0 Å². The molecular formula is C62H54Br4O15. The van der Waals surface area contributed by atoms with E-state index < -0.39 is 91.9 Å². The van der Waals surface area contributed by atoms with Gasteiger partial charge in [-0.3, -0.25) is 0 Å². The summed E-state index contributed by atoms with van der Waals surface area (Å²) in [4.78, 5) is 57.1. The Balaban J connectivity index is 1.11. The van der Waals surface area contributed by atoms with Crippen molar-refractivity contribution in [2.75, 3.05) is 20.3 Å². The number of esters is 4. The van der Waals surface area contributed by atoms with Gasteiger partial charge in [0.05, 0.1) is 48.7 Å². The Kier molecular flexibility index (Phi) is 21.6. The van der Waals surface area contributed by atoms with Gasteiger partial charge in [-0.25, -0.2) is 19.2 Å². The lowest BCUT2D eigenvalue weighted by atomic mass is 9.96. The van der Waals surface area contributed by atoms with Gasteiger partial charge < -0.3 is 52.1 Å². The molecule has 2 saturated heterocycles. The lowest BCUT2D eigenvalue weighted by Gasteiger charge is -2.47. The van der Waals surface area contributed by atoms with Gasteiger partial charge in [0, 0.05) is 25.0 Å². The number of hydrogen-bond donors (Lipinski definition) is 0. The fraction of sp³-hybridized carbons (Fsp3) is 0.258. The highest BCUT2D eigenvalue weighted by Gasteiger charge is 2.55. The highest BCUT2D eigenvalue weighted by molar-refractivity contribution is 9.11. The van der Waals surface area contributed by atoms with Gasteiger partial charge in [-0.15, -0.1) is 0 Å². The first-order valence-electron chi connectivity index (χ1n) is 25.6. The summed E-state index contributed by atoms with van der Waals surface area (Å²) < 4.78 is 74.5. The molecule has 0 unspecified atom stereocenters. The van der Waals surface area contributed by atoms with Crippen LogP contribution in [0, 0.1) is 0 Å². The third-order valence-electron chi connectivity index (χ3n) is 13.1. The molecule has 0 N–H and O–H groups in total. The van der Waals surface area contributed by atoms with E-state index in [-0.39, 0.29) is 48.7 Å². The molecule has 0 aromatic heterocycles. The number of benzene rings is 7. The second-order valence-electron chi connectivity index (χ2n) is 18.7. The molecule has 81 heavy (non-hydrogen) atoms. The van der Waals surface area contributed by atoms with Crippen molar-refractivity contribution < 1.29 is 71.3 Å². The molecule has 0 radical (unpaired) electrons. The maximum Gasteiger partial charge on any atom is 0.338 e. The number of carbonyl (C=O) groups is 4. The zero-order valence-electron chi connectivity index (χ0n) is 43.3. The first kappa shape index (κ1) is 59.7. The summed E-state index contributed by atoms with van der Waals surface area (Å²) >= 11 is 13.7. The number of methoxy groups -OCH3 is 1. The first-order chi connectivity index (χ1) is 39.4. The Morgan fingerprint density at radius 2 is 0.704 bits per heavy atom. The van der Waals surface area contributed by atoms with Crippen LogP contribution in [0.15, 0.2) is 206 Å². The molecule has 2 aliphatic rings. The fourth-order valence-corrected chi connectivity index (χ4v) is 10.0. The molecule has 2 heterocycles. The average molecular weight is 1360 g/mol. The number of ether oxygens (including phenoxy) is 11. The Morgan fingerprint density at radius 1 is 0.358 bits per heavy atom. The molecule has 7 aromatic carbocycles. The number of halogens is 4. The van der Waals surface area contributed by atoms with Crippen molar-refractivity contribution in [1.29, 1.82) is 0 Å². The molecular weight excluding hydrogens is 1300 g/mol. The number of rotatable bonds is 22. The van der Waals surface area contributed by atoms with E-state index in [0.717, 1.165) is 21.2 Å². The van der Waals surface area contributed by atoms with E-state index in [1.165, 1.54) is 43.5 Å². The Hall–Kier alpha value is -5.94. The van der Waals surface area contributed by atoms with Crippen molar-refractivity contribution in [3.8, 4) is 0 Å². The van der Waals surface area contributed by atoms with Crippen molar-refractivity contribution in [3.05, 3.63) is 245 Å². The fourth-order valence-electron chi connectivity index (χ4n) is 8.97. The van der Waals surface area contributed by atoms with Crippen LogP contribution in [0.2, 0.25) is 0 Å². The highest BCUT2D eigenvalue weighted by atomic mass is 79.9. The Bertz CT molecular complexity index is 3140. The third kappa shape index (κ3) is 16.4. The predicted molar refractivity (Wildman–Crippen MR) is 310 cm³/mol. The van der Waals surface area contributed by atoms with E-state index in [1.807, 2.05) is 91.0 Å². The van der Waals surface area contributed by atoms with Gasteiger partial charge in [0.15, 0.2) is 30.9 Å². The summed E-state index contributed by atoms with van der Waals surface area (Å²) in [5.41, 5.74) is 3.15. The largest absolute Gasteiger partial charge is 0.459 e. The molecule has 9 rings (SSSR count). The van der Waals surface area contributed by atoms with Crippen LogP contribution in [0.25, 0.3) is 0 Å². The molecule has 2 aliphatic heterocycles. The van der Waals surface area contributed by atoms with E-state index in [1.54, 1.807) is 60.7 Å². The minimum atomic E-state index is -1.71. The third-order valence-corrected chi connectivity index (χ3v) is 15.2. The van der Waals surface area contributed by atoms with Crippen LogP contribution >= 0.6 is 63.7 Å². The molecule has 19 heteroatoms. The number of hydrogen-bond acceptors (Lipinski definition) is 15. The molecule has 420 valence electrons. The van der Waals surface area contributed by atoms with E-state index in [0.29, 0.717) is 13.4 Å². The second-order valence-corrected chi connectivity index (χ2v) is 22.3. The van der Waals surface area contributed by atoms with Gasteiger partial charge in [-0.2, -0.15) is 0 Å². The smallest absolute Gasteiger partial charge is 0.338 e. The SMILES string of the molecule is CO[C@@H]1O[C@H](CO[C@@H]2O[C@H](COC(=O)c3ccc(Br)cc3)[C@@H](OC(=O)c3ccc(Br)cc3)[C@H](OC(=O)c3ccc(Br)cc3)[C@H]2OC(=O)c2ccc(Br)cc2)[C@@H](OCc2ccccc2)[C@H](OCc2ccccc2)[C@H]1OCc1ccccc1. The Morgan fingerprint density at radius 3 is 1.12 bits per heavy atom. The van der Waals surface area contributed by atoms with Crippen LogP contribution in [-0.4, -0.2) is 106 Å². The lowest BCUT2D eigenvalue weighted by Crippen LogP contribution is -2.64. The summed E-state index contributed by atoms with van der Waals surface area (Å²) in [6.45, 7) is -0.530. The van der Waals surface area contributed by atoms with Crippen LogP contribution in [0.1, 0.15) is 58.1 Å².